The number of piperidine rings is 1. The van der Waals surface area contributed by atoms with Gasteiger partial charge in [-0.3, -0.25) is 4.90 Å². The Kier molecular flexibility index (Phi) is 5.69. The SMILES string of the molecule is COCCCN(C)C1(CN)CCN(C)CC1. The molecule has 0 aromatic carbocycles. The van der Waals surface area contributed by atoms with Gasteiger partial charge in [-0.15, -0.1) is 0 Å². The highest BCUT2D eigenvalue weighted by Crippen LogP contribution is 2.26. The molecule has 1 heterocycles. The third-order valence-electron chi connectivity index (χ3n) is 3.95. The molecule has 0 unspecified atom stereocenters. The lowest BCUT2D eigenvalue weighted by atomic mass is 9.86. The number of methoxy groups -OCH3 is 1. The molecule has 2 N–H and O–H groups in total. The minimum Gasteiger partial charge on any atom is -0.385 e. The Balaban J connectivity index is 2.44. The van der Waals surface area contributed by atoms with E-state index in [1.54, 1.807) is 7.11 Å². The van der Waals surface area contributed by atoms with Crippen molar-refractivity contribution < 1.29 is 4.74 Å². The van der Waals surface area contributed by atoms with Crippen LogP contribution in [0.4, 0.5) is 0 Å². The van der Waals surface area contributed by atoms with E-state index in [2.05, 4.69) is 23.9 Å². The Morgan fingerprint density at radius 2 is 2.00 bits per heavy atom. The summed E-state index contributed by atoms with van der Waals surface area (Å²) in [6.07, 6.45) is 3.46. The molecule has 0 amide bonds. The van der Waals surface area contributed by atoms with E-state index in [-0.39, 0.29) is 5.54 Å². The van der Waals surface area contributed by atoms with Crippen LogP contribution < -0.4 is 5.73 Å². The highest BCUT2D eigenvalue weighted by molar-refractivity contribution is 4.94. The first-order chi connectivity index (χ1) is 7.64. The van der Waals surface area contributed by atoms with Crippen molar-refractivity contribution in [1.82, 2.24) is 9.80 Å². The van der Waals surface area contributed by atoms with Crippen LogP contribution in [0.15, 0.2) is 0 Å². The van der Waals surface area contributed by atoms with E-state index in [4.69, 9.17) is 10.5 Å². The quantitative estimate of drug-likeness (QED) is 0.669. The summed E-state index contributed by atoms with van der Waals surface area (Å²) in [5, 5.41) is 0. The third-order valence-corrected chi connectivity index (χ3v) is 3.95. The maximum atomic E-state index is 6.00. The van der Waals surface area contributed by atoms with Crippen LogP contribution in [0.25, 0.3) is 0 Å². The summed E-state index contributed by atoms with van der Waals surface area (Å²) in [7, 11) is 6.15. The second-order valence-corrected chi connectivity index (χ2v) is 5.00. The van der Waals surface area contributed by atoms with Crippen molar-refractivity contribution >= 4 is 0 Å². The Morgan fingerprint density at radius 1 is 1.38 bits per heavy atom. The van der Waals surface area contributed by atoms with Crippen LogP contribution in [-0.4, -0.2) is 69.3 Å². The third kappa shape index (κ3) is 3.42. The topological polar surface area (TPSA) is 41.7 Å². The fourth-order valence-electron chi connectivity index (χ4n) is 2.46. The van der Waals surface area contributed by atoms with Gasteiger partial charge in [-0.1, -0.05) is 0 Å². The van der Waals surface area contributed by atoms with Gasteiger partial charge in [-0.25, -0.2) is 0 Å². The van der Waals surface area contributed by atoms with Crippen molar-refractivity contribution in [2.75, 3.05) is 54.0 Å². The number of likely N-dealkylation sites (N-methyl/N-ethyl adjacent to an activating group) is 1. The van der Waals surface area contributed by atoms with Crippen LogP contribution in [0.2, 0.25) is 0 Å². The Morgan fingerprint density at radius 3 is 2.50 bits per heavy atom. The zero-order valence-electron chi connectivity index (χ0n) is 11.0. The molecule has 4 nitrogen and oxygen atoms in total. The van der Waals surface area contributed by atoms with E-state index >= 15 is 0 Å². The molecule has 1 aliphatic rings. The molecular formula is C12H27N3O. The normalized spacial score (nSPS) is 21.6. The molecule has 1 rings (SSSR count). The van der Waals surface area contributed by atoms with Crippen LogP contribution in [0, 0.1) is 0 Å². The molecule has 0 radical (unpaired) electrons. The van der Waals surface area contributed by atoms with Crippen molar-refractivity contribution in [1.29, 1.82) is 0 Å². The van der Waals surface area contributed by atoms with E-state index in [0.717, 1.165) is 39.2 Å². The maximum absolute atomic E-state index is 6.00. The van der Waals surface area contributed by atoms with Gasteiger partial charge in [0.2, 0.25) is 0 Å². The predicted octanol–water partition coefficient (Wildman–Crippen LogP) is 0.378. The van der Waals surface area contributed by atoms with Gasteiger partial charge in [-0.05, 0) is 46.4 Å². The van der Waals surface area contributed by atoms with Gasteiger partial charge in [0.05, 0.1) is 0 Å². The smallest absolute Gasteiger partial charge is 0.0474 e. The van der Waals surface area contributed by atoms with Gasteiger partial charge in [0.15, 0.2) is 0 Å². The van der Waals surface area contributed by atoms with E-state index < -0.39 is 0 Å². The zero-order chi connectivity index (χ0) is 12.0. The van der Waals surface area contributed by atoms with Gasteiger partial charge in [-0.2, -0.15) is 0 Å². The van der Waals surface area contributed by atoms with E-state index in [0.29, 0.717) is 0 Å². The van der Waals surface area contributed by atoms with E-state index in [9.17, 15) is 0 Å². The number of nitrogens with zero attached hydrogens (tertiary/aromatic N) is 2. The summed E-state index contributed by atoms with van der Waals surface area (Å²) in [5.74, 6) is 0. The van der Waals surface area contributed by atoms with Gasteiger partial charge >= 0.3 is 0 Å². The van der Waals surface area contributed by atoms with Crippen molar-refractivity contribution in [2.45, 2.75) is 24.8 Å². The van der Waals surface area contributed by atoms with Crippen molar-refractivity contribution in [3.8, 4) is 0 Å². The van der Waals surface area contributed by atoms with Gasteiger partial charge in [0.1, 0.15) is 0 Å². The minimum absolute atomic E-state index is 0.222. The molecule has 1 fully saturated rings. The van der Waals surface area contributed by atoms with Crippen LogP contribution in [-0.2, 0) is 4.74 Å². The first kappa shape index (κ1) is 13.9. The Labute approximate surface area is 99.7 Å². The first-order valence-electron chi connectivity index (χ1n) is 6.23. The monoisotopic (exact) mass is 229 g/mol. The summed E-state index contributed by atoms with van der Waals surface area (Å²) in [6.45, 7) is 5.00. The molecule has 96 valence electrons. The molecule has 1 aliphatic heterocycles. The lowest BCUT2D eigenvalue weighted by Gasteiger charge is -2.46. The number of hydrogen-bond donors (Lipinski definition) is 1. The standard InChI is InChI=1S/C12H27N3O/c1-14-8-5-12(11-13,6-9-14)15(2)7-4-10-16-3/h4-11,13H2,1-3H3. The average molecular weight is 229 g/mol. The summed E-state index contributed by atoms with van der Waals surface area (Å²) in [6, 6.07) is 0. The molecule has 0 aliphatic carbocycles. The first-order valence-corrected chi connectivity index (χ1v) is 6.23. The fraction of sp³-hybridized carbons (Fsp3) is 1.00. The van der Waals surface area contributed by atoms with Crippen LogP contribution >= 0.6 is 0 Å². The molecule has 0 saturated carbocycles. The maximum Gasteiger partial charge on any atom is 0.0474 e. The number of nitrogens with two attached hydrogens (primary N) is 1. The van der Waals surface area contributed by atoms with E-state index in [1.165, 1.54) is 12.8 Å². The number of rotatable bonds is 6. The highest BCUT2D eigenvalue weighted by Gasteiger charge is 2.35. The molecule has 4 heteroatoms. The van der Waals surface area contributed by atoms with Gasteiger partial charge in [0.25, 0.3) is 0 Å². The summed E-state index contributed by atoms with van der Waals surface area (Å²) in [4.78, 5) is 4.83. The largest absolute Gasteiger partial charge is 0.385 e. The van der Waals surface area contributed by atoms with Crippen LogP contribution in [0.5, 0.6) is 0 Å². The molecule has 0 aromatic heterocycles. The van der Waals surface area contributed by atoms with Crippen molar-refractivity contribution in [3.05, 3.63) is 0 Å². The van der Waals surface area contributed by atoms with Gasteiger partial charge in [0, 0.05) is 32.3 Å². The molecule has 16 heavy (non-hydrogen) atoms. The van der Waals surface area contributed by atoms with Crippen LogP contribution in [0.1, 0.15) is 19.3 Å². The Bertz CT molecular complexity index is 191. The predicted molar refractivity (Wildman–Crippen MR) is 67.6 cm³/mol. The zero-order valence-corrected chi connectivity index (χ0v) is 11.0. The highest BCUT2D eigenvalue weighted by atomic mass is 16.5. The fourth-order valence-corrected chi connectivity index (χ4v) is 2.46. The Hall–Kier alpha value is -0.160. The van der Waals surface area contributed by atoms with E-state index in [1.807, 2.05) is 0 Å². The molecular weight excluding hydrogens is 202 g/mol. The molecule has 0 bridgehead atoms. The molecule has 0 atom stereocenters. The second-order valence-electron chi connectivity index (χ2n) is 5.00. The average Bonchev–Trinajstić information content (AvgIpc) is 2.31. The molecule has 1 saturated heterocycles. The van der Waals surface area contributed by atoms with Gasteiger partial charge < -0.3 is 15.4 Å². The number of hydrogen-bond acceptors (Lipinski definition) is 4. The minimum atomic E-state index is 0.222. The second kappa shape index (κ2) is 6.55. The van der Waals surface area contributed by atoms with Crippen molar-refractivity contribution in [3.63, 3.8) is 0 Å². The lowest BCUT2D eigenvalue weighted by molar-refractivity contribution is 0.0475. The summed E-state index contributed by atoms with van der Waals surface area (Å²) >= 11 is 0. The number of likely N-dealkylation sites (tertiary alicyclic amines) is 1. The van der Waals surface area contributed by atoms with Crippen molar-refractivity contribution in [2.24, 2.45) is 5.73 Å². The molecule has 0 spiro atoms. The summed E-state index contributed by atoms with van der Waals surface area (Å²) in [5.41, 5.74) is 6.22. The van der Waals surface area contributed by atoms with Crippen LogP contribution in [0.3, 0.4) is 0 Å². The lowest BCUT2D eigenvalue weighted by Crippen LogP contribution is -2.57. The summed E-state index contributed by atoms with van der Waals surface area (Å²) < 4.78 is 5.10. The number of ether oxygens (including phenoxy) is 1. The molecule has 0 aromatic rings.